The van der Waals surface area contributed by atoms with Crippen LogP contribution in [0.25, 0.3) is 16.6 Å². The van der Waals surface area contributed by atoms with Crippen molar-refractivity contribution in [3.05, 3.63) is 59.5 Å². The van der Waals surface area contributed by atoms with Gasteiger partial charge in [-0.3, -0.25) is 4.79 Å². The van der Waals surface area contributed by atoms with Crippen molar-refractivity contribution in [3.63, 3.8) is 0 Å². The molecule has 0 aliphatic carbocycles. The molecule has 1 saturated heterocycles. The van der Waals surface area contributed by atoms with Crippen LogP contribution in [0.15, 0.2) is 41.1 Å². The molecule has 1 fully saturated rings. The van der Waals surface area contributed by atoms with Gasteiger partial charge in [0.15, 0.2) is 11.5 Å². The summed E-state index contributed by atoms with van der Waals surface area (Å²) in [6.45, 7) is 13.3. The molecule has 0 radical (unpaired) electrons. The van der Waals surface area contributed by atoms with Crippen LogP contribution in [0, 0.1) is 19.7 Å². The zero-order valence-electron chi connectivity index (χ0n) is 23.9. The van der Waals surface area contributed by atoms with E-state index < -0.39 is 17.3 Å². The Bertz CT molecular complexity index is 1580. The second-order valence-corrected chi connectivity index (χ2v) is 11.4. The number of aromatic nitrogens is 2. The first-order chi connectivity index (χ1) is 18.9. The summed E-state index contributed by atoms with van der Waals surface area (Å²) in [5.74, 6) is -0.220. The number of nitrogens with zero attached hydrogens (tertiary/aromatic N) is 4. The van der Waals surface area contributed by atoms with E-state index in [0.29, 0.717) is 34.8 Å². The average Bonchev–Trinajstić information content (AvgIpc) is 3.45. The normalized spacial score (nSPS) is 14.6. The third-order valence-corrected chi connectivity index (χ3v) is 7.13. The summed E-state index contributed by atoms with van der Waals surface area (Å²) in [4.78, 5) is 34.3. The molecule has 10 heteroatoms. The summed E-state index contributed by atoms with van der Waals surface area (Å²) in [6.07, 6.45) is 4.66. The molecule has 0 bridgehead atoms. The molecule has 9 nitrogen and oxygen atoms in total. The standard InChI is InChI=1S/C30H36FN5O4/c1-7-36(29(38)40-30(4,5)6)21-10-12-34(13-11-21)25-9-8-22(26-23(25)14-19(3)39-26)28(37)33-20-15-24(31)27-32-18(2)16-35(27)17-20/h8-9,14-17,21H,7,10-13H2,1-6H3,(H,33,37). The number of imidazole rings is 1. The predicted octanol–water partition coefficient (Wildman–Crippen LogP) is 6.31. The third-order valence-electron chi connectivity index (χ3n) is 7.13. The van der Waals surface area contributed by atoms with E-state index in [-0.39, 0.29) is 17.8 Å². The quantitative estimate of drug-likeness (QED) is 0.313. The Labute approximate surface area is 232 Å². The van der Waals surface area contributed by atoms with Crippen LogP contribution >= 0.6 is 0 Å². The van der Waals surface area contributed by atoms with Crippen molar-refractivity contribution < 1.29 is 23.1 Å². The van der Waals surface area contributed by atoms with E-state index in [1.807, 2.05) is 51.7 Å². The van der Waals surface area contributed by atoms with Gasteiger partial charge in [0, 0.05) is 55.2 Å². The number of rotatable bonds is 5. The fraction of sp³-hybridized carbons (Fsp3) is 0.433. The second kappa shape index (κ2) is 10.5. The number of nitrogens with one attached hydrogen (secondary N) is 1. The van der Waals surface area contributed by atoms with Gasteiger partial charge in [-0.1, -0.05) is 0 Å². The van der Waals surface area contributed by atoms with Gasteiger partial charge in [0.2, 0.25) is 0 Å². The summed E-state index contributed by atoms with van der Waals surface area (Å²) in [5, 5.41) is 3.64. The number of piperidine rings is 1. The molecule has 0 atom stereocenters. The number of hydrogen-bond donors (Lipinski definition) is 1. The van der Waals surface area contributed by atoms with Crippen LogP contribution < -0.4 is 10.2 Å². The van der Waals surface area contributed by atoms with Gasteiger partial charge >= 0.3 is 6.09 Å². The summed E-state index contributed by atoms with van der Waals surface area (Å²) in [5.41, 5.74) is 2.50. The Morgan fingerprint density at radius 3 is 2.58 bits per heavy atom. The van der Waals surface area contributed by atoms with Gasteiger partial charge in [0.1, 0.15) is 16.9 Å². The molecule has 1 aliphatic rings. The second-order valence-electron chi connectivity index (χ2n) is 11.4. The van der Waals surface area contributed by atoms with Crippen molar-refractivity contribution in [2.75, 3.05) is 29.9 Å². The number of hydrogen-bond acceptors (Lipinski definition) is 6. The summed E-state index contributed by atoms with van der Waals surface area (Å²) in [7, 11) is 0. The molecule has 40 heavy (non-hydrogen) atoms. The van der Waals surface area contributed by atoms with Gasteiger partial charge in [-0.25, -0.2) is 14.2 Å². The highest BCUT2D eigenvalue weighted by atomic mass is 19.1. The number of furan rings is 1. The molecule has 3 aromatic heterocycles. The number of amides is 2. The van der Waals surface area contributed by atoms with Crippen LogP contribution in [0.1, 0.15) is 62.3 Å². The van der Waals surface area contributed by atoms with Crippen LogP contribution in [0.4, 0.5) is 20.6 Å². The number of carbonyl (C=O) groups excluding carboxylic acids is 2. The van der Waals surface area contributed by atoms with Crippen molar-refractivity contribution in [2.24, 2.45) is 0 Å². The van der Waals surface area contributed by atoms with E-state index >= 15 is 0 Å². The van der Waals surface area contributed by atoms with Crippen molar-refractivity contribution in [1.82, 2.24) is 14.3 Å². The van der Waals surface area contributed by atoms with E-state index in [2.05, 4.69) is 15.2 Å². The summed E-state index contributed by atoms with van der Waals surface area (Å²) >= 11 is 0. The Kier molecular flexibility index (Phi) is 7.20. The maximum atomic E-state index is 14.6. The fourth-order valence-electron chi connectivity index (χ4n) is 5.41. The number of benzene rings is 1. The molecule has 0 spiro atoms. The van der Waals surface area contributed by atoms with E-state index in [1.165, 1.54) is 6.07 Å². The number of ether oxygens (including phenoxy) is 1. The lowest BCUT2D eigenvalue weighted by Gasteiger charge is -2.39. The van der Waals surface area contributed by atoms with Crippen molar-refractivity contribution in [2.45, 2.75) is 66.0 Å². The first-order valence-corrected chi connectivity index (χ1v) is 13.7. The van der Waals surface area contributed by atoms with E-state index in [1.54, 1.807) is 29.8 Å². The number of aryl methyl sites for hydroxylation is 2. The van der Waals surface area contributed by atoms with E-state index in [9.17, 15) is 14.0 Å². The lowest BCUT2D eigenvalue weighted by Crippen LogP contribution is -2.48. The molecule has 4 aromatic rings. The zero-order chi connectivity index (χ0) is 28.8. The first-order valence-electron chi connectivity index (χ1n) is 13.7. The molecular weight excluding hydrogens is 513 g/mol. The topological polar surface area (TPSA) is 92.3 Å². The average molecular weight is 550 g/mol. The van der Waals surface area contributed by atoms with E-state index in [4.69, 9.17) is 9.15 Å². The minimum atomic E-state index is -0.538. The van der Waals surface area contributed by atoms with Gasteiger partial charge in [-0.05, 0) is 72.6 Å². The van der Waals surface area contributed by atoms with Gasteiger partial charge in [-0.2, -0.15) is 0 Å². The number of anilines is 2. The molecule has 4 heterocycles. The molecule has 0 unspecified atom stereocenters. The van der Waals surface area contributed by atoms with Crippen molar-refractivity contribution >= 4 is 40.0 Å². The smallest absolute Gasteiger partial charge is 0.410 e. The molecule has 2 amide bonds. The predicted molar refractivity (Wildman–Crippen MR) is 153 cm³/mol. The van der Waals surface area contributed by atoms with Crippen LogP contribution in [-0.4, -0.2) is 57.6 Å². The van der Waals surface area contributed by atoms with Gasteiger partial charge < -0.3 is 28.7 Å². The van der Waals surface area contributed by atoms with Gasteiger partial charge in [0.25, 0.3) is 5.91 Å². The lowest BCUT2D eigenvalue weighted by molar-refractivity contribution is 0.0149. The maximum Gasteiger partial charge on any atom is 0.410 e. The third kappa shape index (κ3) is 5.48. The van der Waals surface area contributed by atoms with Gasteiger partial charge in [0.05, 0.1) is 16.9 Å². The van der Waals surface area contributed by atoms with Crippen LogP contribution in [0.2, 0.25) is 0 Å². The van der Waals surface area contributed by atoms with Crippen LogP contribution in [0.5, 0.6) is 0 Å². The highest BCUT2D eigenvalue weighted by Gasteiger charge is 2.31. The monoisotopic (exact) mass is 549 g/mol. The molecule has 212 valence electrons. The highest BCUT2D eigenvalue weighted by molar-refractivity contribution is 6.13. The molecule has 1 aliphatic heterocycles. The minimum absolute atomic E-state index is 0.0970. The van der Waals surface area contributed by atoms with Crippen LogP contribution in [-0.2, 0) is 4.74 Å². The number of halogens is 1. The van der Waals surface area contributed by atoms with Crippen molar-refractivity contribution in [1.29, 1.82) is 0 Å². The minimum Gasteiger partial charge on any atom is -0.460 e. The first kappa shape index (κ1) is 27.5. The summed E-state index contributed by atoms with van der Waals surface area (Å²) < 4.78 is 27.7. The molecule has 1 aromatic carbocycles. The molecule has 1 N–H and O–H groups in total. The number of pyridine rings is 1. The molecule has 0 saturated carbocycles. The van der Waals surface area contributed by atoms with E-state index in [0.717, 1.165) is 37.0 Å². The Hall–Kier alpha value is -4.08. The molecule has 5 rings (SSSR count). The fourth-order valence-corrected chi connectivity index (χ4v) is 5.41. The van der Waals surface area contributed by atoms with Crippen molar-refractivity contribution in [3.8, 4) is 0 Å². The van der Waals surface area contributed by atoms with Crippen LogP contribution in [0.3, 0.4) is 0 Å². The largest absolute Gasteiger partial charge is 0.460 e. The Morgan fingerprint density at radius 1 is 1.18 bits per heavy atom. The number of carbonyl (C=O) groups is 2. The maximum absolute atomic E-state index is 14.6. The lowest BCUT2D eigenvalue weighted by atomic mass is 10.0. The Morgan fingerprint density at radius 2 is 1.90 bits per heavy atom. The summed E-state index contributed by atoms with van der Waals surface area (Å²) in [6, 6.07) is 6.98. The molecular formula is C30H36FN5O4. The number of fused-ring (bicyclic) bond motifs is 2. The zero-order valence-corrected chi connectivity index (χ0v) is 23.9. The SMILES string of the molecule is CCN(C(=O)OC(C)(C)C)C1CCN(c2ccc(C(=O)Nc3cc(F)c4nc(C)cn4c3)c3oc(C)cc23)CC1. The highest BCUT2D eigenvalue weighted by Crippen LogP contribution is 2.35. The Balaban J connectivity index is 1.34. The van der Waals surface area contributed by atoms with Gasteiger partial charge in [-0.15, -0.1) is 0 Å².